The van der Waals surface area contributed by atoms with E-state index in [0.717, 1.165) is 33.8 Å². The zero-order valence-electron chi connectivity index (χ0n) is 17.0. The molecular formula is C24H22N2O4. The molecule has 0 aliphatic carbocycles. The van der Waals surface area contributed by atoms with E-state index in [-0.39, 0.29) is 5.75 Å². The molecule has 0 atom stereocenters. The van der Waals surface area contributed by atoms with Crippen LogP contribution in [0.15, 0.2) is 66.7 Å². The van der Waals surface area contributed by atoms with Crippen molar-refractivity contribution in [1.82, 2.24) is 9.97 Å². The summed E-state index contributed by atoms with van der Waals surface area (Å²) in [6, 6.07) is 21.2. The van der Waals surface area contributed by atoms with Crippen molar-refractivity contribution in [3.8, 4) is 56.9 Å². The monoisotopic (exact) mass is 402 g/mol. The number of rotatable bonds is 6. The van der Waals surface area contributed by atoms with Crippen molar-refractivity contribution in [1.29, 1.82) is 0 Å². The van der Waals surface area contributed by atoms with E-state index >= 15 is 0 Å². The first-order valence-corrected chi connectivity index (χ1v) is 9.39. The fourth-order valence-electron chi connectivity index (χ4n) is 3.31. The van der Waals surface area contributed by atoms with Gasteiger partial charge in [-0.15, -0.1) is 0 Å². The summed E-state index contributed by atoms with van der Waals surface area (Å²) in [6.45, 7) is 0. The van der Waals surface area contributed by atoms with Crippen molar-refractivity contribution in [2.75, 3.05) is 21.3 Å². The van der Waals surface area contributed by atoms with Gasteiger partial charge >= 0.3 is 0 Å². The van der Waals surface area contributed by atoms with Gasteiger partial charge in [0.25, 0.3) is 0 Å². The maximum atomic E-state index is 10.2. The fourth-order valence-corrected chi connectivity index (χ4v) is 3.31. The molecule has 0 unspecified atom stereocenters. The number of hydrogen-bond acceptors (Lipinski definition) is 5. The second kappa shape index (κ2) is 8.21. The number of hydrogen-bond donors (Lipinski definition) is 2. The molecule has 3 aromatic carbocycles. The number of imidazole rings is 1. The molecule has 0 aliphatic rings. The Morgan fingerprint density at radius 3 is 1.93 bits per heavy atom. The van der Waals surface area contributed by atoms with E-state index in [4.69, 9.17) is 19.2 Å². The molecule has 0 radical (unpaired) electrons. The van der Waals surface area contributed by atoms with Crippen LogP contribution in [0.2, 0.25) is 0 Å². The zero-order valence-corrected chi connectivity index (χ0v) is 17.0. The minimum atomic E-state index is -0.0473. The van der Waals surface area contributed by atoms with Crippen molar-refractivity contribution in [3.05, 3.63) is 66.7 Å². The largest absolute Gasteiger partial charge is 0.502 e. The molecule has 2 N–H and O–H groups in total. The zero-order chi connectivity index (χ0) is 21.1. The van der Waals surface area contributed by atoms with Gasteiger partial charge in [-0.25, -0.2) is 4.98 Å². The highest BCUT2D eigenvalue weighted by atomic mass is 16.5. The van der Waals surface area contributed by atoms with Crippen molar-refractivity contribution < 1.29 is 19.3 Å². The van der Waals surface area contributed by atoms with Crippen molar-refractivity contribution in [2.24, 2.45) is 0 Å². The molecule has 1 aromatic heterocycles. The van der Waals surface area contributed by atoms with E-state index in [1.165, 1.54) is 14.2 Å². The number of aromatic hydroxyl groups is 1. The first kappa shape index (κ1) is 19.4. The van der Waals surface area contributed by atoms with Crippen LogP contribution >= 0.6 is 0 Å². The van der Waals surface area contributed by atoms with E-state index in [1.807, 2.05) is 54.6 Å². The number of aromatic nitrogens is 2. The number of H-pyrrole nitrogens is 1. The second-order valence-electron chi connectivity index (χ2n) is 6.63. The topological polar surface area (TPSA) is 76.6 Å². The number of ether oxygens (including phenoxy) is 3. The van der Waals surface area contributed by atoms with E-state index in [0.29, 0.717) is 17.3 Å². The Morgan fingerprint density at radius 1 is 0.733 bits per heavy atom. The molecule has 0 fully saturated rings. The third kappa shape index (κ3) is 3.55. The summed E-state index contributed by atoms with van der Waals surface area (Å²) in [7, 11) is 4.64. The molecule has 0 bridgehead atoms. The molecule has 0 saturated carbocycles. The third-order valence-corrected chi connectivity index (χ3v) is 4.88. The van der Waals surface area contributed by atoms with Gasteiger partial charge in [-0.2, -0.15) is 0 Å². The number of phenols is 1. The minimum absolute atomic E-state index is 0.0473. The molecule has 6 nitrogen and oxygen atoms in total. The summed E-state index contributed by atoms with van der Waals surface area (Å²) in [4.78, 5) is 8.30. The van der Waals surface area contributed by atoms with Gasteiger partial charge in [0.15, 0.2) is 11.5 Å². The average molecular weight is 402 g/mol. The van der Waals surface area contributed by atoms with Gasteiger partial charge in [0.2, 0.25) is 5.75 Å². The lowest BCUT2D eigenvalue weighted by molar-refractivity contribution is 0.340. The lowest BCUT2D eigenvalue weighted by Crippen LogP contribution is -1.91. The van der Waals surface area contributed by atoms with Crippen LogP contribution in [-0.2, 0) is 0 Å². The van der Waals surface area contributed by atoms with Gasteiger partial charge in [-0.05, 0) is 36.4 Å². The van der Waals surface area contributed by atoms with Crippen LogP contribution in [0, 0.1) is 0 Å². The van der Waals surface area contributed by atoms with Gasteiger partial charge in [-0.1, -0.05) is 30.3 Å². The standard InChI is InChI=1S/C24H22N2O4/c1-28-18-11-9-16(10-12-18)22-21(15-7-5-4-6-8-15)25-24(26-22)17-13-19(29-2)23(27)20(14-17)30-3/h4-14,27H,1-3H3,(H,25,26). The van der Waals surface area contributed by atoms with E-state index < -0.39 is 0 Å². The van der Waals surface area contributed by atoms with Gasteiger partial charge in [-0.3, -0.25) is 0 Å². The summed E-state index contributed by atoms with van der Waals surface area (Å²) in [5.74, 6) is 2.00. The van der Waals surface area contributed by atoms with Crippen LogP contribution in [0.1, 0.15) is 0 Å². The molecule has 0 saturated heterocycles. The fraction of sp³-hybridized carbons (Fsp3) is 0.125. The highest BCUT2D eigenvalue weighted by Gasteiger charge is 2.18. The molecule has 4 rings (SSSR count). The number of benzene rings is 3. The first-order valence-electron chi connectivity index (χ1n) is 9.39. The Balaban J connectivity index is 1.89. The predicted octanol–water partition coefficient (Wildman–Crippen LogP) is 5.14. The Bertz CT molecular complexity index is 1130. The summed E-state index contributed by atoms with van der Waals surface area (Å²) in [6.07, 6.45) is 0. The molecular weight excluding hydrogens is 380 g/mol. The SMILES string of the molecule is COc1ccc(-c2[nH]c(-c3cc(OC)c(O)c(OC)c3)nc2-c2ccccc2)cc1. The molecule has 0 spiro atoms. The Kier molecular flexibility index (Phi) is 5.30. The highest BCUT2D eigenvalue weighted by molar-refractivity contribution is 5.82. The van der Waals surface area contributed by atoms with Crippen LogP contribution in [0.4, 0.5) is 0 Å². The second-order valence-corrected chi connectivity index (χ2v) is 6.63. The molecule has 152 valence electrons. The Morgan fingerprint density at radius 2 is 1.37 bits per heavy atom. The smallest absolute Gasteiger partial charge is 0.200 e. The van der Waals surface area contributed by atoms with Gasteiger partial charge in [0.1, 0.15) is 11.6 Å². The number of methoxy groups -OCH3 is 3. The lowest BCUT2D eigenvalue weighted by Gasteiger charge is -2.10. The van der Waals surface area contributed by atoms with Crippen molar-refractivity contribution in [3.63, 3.8) is 0 Å². The maximum absolute atomic E-state index is 10.2. The third-order valence-electron chi connectivity index (χ3n) is 4.88. The normalized spacial score (nSPS) is 10.6. The minimum Gasteiger partial charge on any atom is -0.502 e. The molecule has 0 amide bonds. The van der Waals surface area contributed by atoms with Gasteiger partial charge < -0.3 is 24.3 Å². The van der Waals surface area contributed by atoms with E-state index in [2.05, 4.69) is 4.98 Å². The van der Waals surface area contributed by atoms with E-state index in [1.54, 1.807) is 19.2 Å². The van der Waals surface area contributed by atoms with Crippen molar-refractivity contribution >= 4 is 0 Å². The predicted molar refractivity (Wildman–Crippen MR) is 116 cm³/mol. The molecule has 0 aliphatic heterocycles. The molecule has 1 heterocycles. The quantitative estimate of drug-likeness (QED) is 0.467. The maximum Gasteiger partial charge on any atom is 0.200 e. The Labute approximate surface area is 174 Å². The first-order chi connectivity index (χ1) is 14.6. The molecule has 30 heavy (non-hydrogen) atoms. The molecule has 4 aromatic rings. The van der Waals surface area contributed by atoms with Crippen molar-refractivity contribution in [2.45, 2.75) is 0 Å². The van der Waals surface area contributed by atoms with Gasteiger partial charge in [0, 0.05) is 16.7 Å². The van der Waals surface area contributed by atoms with E-state index in [9.17, 15) is 5.11 Å². The summed E-state index contributed by atoms with van der Waals surface area (Å²) in [5, 5.41) is 10.2. The summed E-state index contributed by atoms with van der Waals surface area (Å²) < 4.78 is 15.9. The van der Waals surface area contributed by atoms with Crippen LogP contribution in [-0.4, -0.2) is 36.4 Å². The lowest BCUT2D eigenvalue weighted by atomic mass is 10.1. The summed E-state index contributed by atoms with van der Waals surface area (Å²) in [5.41, 5.74) is 4.40. The van der Waals surface area contributed by atoms with Gasteiger partial charge in [0.05, 0.1) is 32.7 Å². The number of nitrogens with zero attached hydrogens (tertiary/aromatic N) is 1. The van der Waals surface area contributed by atoms with Crippen LogP contribution in [0.5, 0.6) is 23.0 Å². The number of phenolic OH excluding ortho intramolecular Hbond substituents is 1. The average Bonchev–Trinajstić information content (AvgIpc) is 3.25. The Hall–Kier alpha value is -3.93. The highest BCUT2D eigenvalue weighted by Crippen LogP contribution is 2.41. The number of nitrogens with one attached hydrogen (secondary N) is 1. The van der Waals surface area contributed by atoms with Crippen LogP contribution in [0.3, 0.4) is 0 Å². The van der Waals surface area contributed by atoms with Crippen LogP contribution < -0.4 is 14.2 Å². The summed E-state index contributed by atoms with van der Waals surface area (Å²) >= 11 is 0. The molecule has 6 heteroatoms. The van der Waals surface area contributed by atoms with Crippen LogP contribution in [0.25, 0.3) is 33.9 Å². The number of aromatic amines is 1.